The molecule has 0 aromatic heterocycles. The van der Waals surface area contributed by atoms with Crippen LogP contribution in [0.25, 0.3) is 0 Å². The molecule has 2 rings (SSSR count). The first-order valence-corrected chi connectivity index (χ1v) is 7.23. The minimum atomic E-state index is 0.663. The molecule has 0 radical (unpaired) electrons. The summed E-state index contributed by atoms with van der Waals surface area (Å²) in [5.74, 6) is 0.663. The Hall–Kier alpha value is -1.02. The minimum Gasteiger partial charge on any atom is -0.374 e. The van der Waals surface area contributed by atoms with Gasteiger partial charge in [-0.15, -0.1) is 0 Å². The van der Waals surface area contributed by atoms with Crippen LogP contribution >= 0.6 is 0 Å². The average Bonchev–Trinajstić information content (AvgIpc) is 2.38. The van der Waals surface area contributed by atoms with E-state index in [0.29, 0.717) is 5.92 Å². The minimum absolute atomic E-state index is 0.663. The lowest BCUT2D eigenvalue weighted by Gasteiger charge is -2.25. The van der Waals surface area contributed by atoms with Crippen LogP contribution in [0.3, 0.4) is 0 Å². The molecule has 0 fully saturated rings. The molecule has 100 valence electrons. The third kappa shape index (κ3) is 3.26. The molecule has 2 heteroatoms. The summed E-state index contributed by atoms with van der Waals surface area (Å²) >= 11 is 0. The van der Waals surface area contributed by atoms with E-state index in [2.05, 4.69) is 37.1 Å². The number of nitrogens with zero attached hydrogens (tertiary/aromatic N) is 1. The van der Waals surface area contributed by atoms with Crippen molar-refractivity contribution in [1.82, 2.24) is 0 Å². The van der Waals surface area contributed by atoms with E-state index in [-0.39, 0.29) is 0 Å². The molecular formula is C16H26N2. The third-order valence-electron chi connectivity index (χ3n) is 4.02. The van der Waals surface area contributed by atoms with E-state index in [4.69, 9.17) is 5.73 Å². The van der Waals surface area contributed by atoms with Gasteiger partial charge >= 0.3 is 0 Å². The van der Waals surface area contributed by atoms with Crippen LogP contribution in [-0.2, 0) is 12.8 Å². The zero-order chi connectivity index (χ0) is 13.0. The predicted molar refractivity (Wildman–Crippen MR) is 79.2 cm³/mol. The van der Waals surface area contributed by atoms with Crippen LogP contribution in [0.2, 0.25) is 0 Å². The van der Waals surface area contributed by atoms with Crippen LogP contribution in [0.1, 0.15) is 37.3 Å². The number of hydrogen-bond donors (Lipinski definition) is 1. The molecule has 18 heavy (non-hydrogen) atoms. The zero-order valence-electron chi connectivity index (χ0n) is 11.8. The summed E-state index contributed by atoms with van der Waals surface area (Å²) in [4.78, 5) is 2.37. The fourth-order valence-electron chi connectivity index (χ4n) is 2.91. The third-order valence-corrected chi connectivity index (χ3v) is 4.02. The fraction of sp³-hybridized carbons (Fsp3) is 0.625. The van der Waals surface area contributed by atoms with Gasteiger partial charge in [0.15, 0.2) is 0 Å². The van der Waals surface area contributed by atoms with Gasteiger partial charge in [0, 0.05) is 19.3 Å². The van der Waals surface area contributed by atoms with Gasteiger partial charge in [-0.3, -0.25) is 0 Å². The Bertz CT molecular complexity index is 387. The Morgan fingerprint density at radius 2 is 1.94 bits per heavy atom. The number of fused-ring (bicyclic) bond motifs is 1. The van der Waals surface area contributed by atoms with Crippen LogP contribution in [0.5, 0.6) is 0 Å². The molecule has 0 spiro atoms. The monoisotopic (exact) mass is 246 g/mol. The lowest BCUT2D eigenvalue weighted by molar-refractivity contribution is 0.539. The summed E-state index contributed by atoms with van der Waals surface area (Å²) in [6.45, 7) is 4.16. The van der Waals surface area contributed by atoms with Gasteiger partial charge in [-0.25, -0.2) is 0 Å². The Morgan fingerprint density at radius 1 is 1.22 bits per heavy atom. The topological polar surface area (TPSA) is 29.3 Å². The SMILES string of the molecule is CC(CCN)CN(C)c1ccc2c(c1)CCCC2. The molecule has 2 N–H and O–H groups in total. The van der Waals surface area contributed by atoms with Gasteiger partial charge in [-0.2, -0.15) is 0 Å². The maximum absolute atomic E-state index is 5.62. The van der Waals surface area contributed by atoms with Crippen LogP contribution in [-0.4, -0.2) is 20.1 Å². The number of benzene rings is 1. The van der Waals surface area contributed by atoms with Gasteiger partial charge in [0.1, 0.15) is 0 Å². The van der Waals surface area contributed by atoms with Crippen LogP contribution in [0.4, 0.5) is 5.69 Å². The summed E-state index contributed by atoms with van der Waals surface area (Å²) in [6.07, 6.45) is 6.34. The second kappa shape index (κ2) is 6.24. The average molecular weight is 246 g/mol. The van der Waals surface area contributed by atoms with Crippen molar-refractivity contribution in [3.8, 4) is 0 Å². The van der Waals surface area contributed by atoms with E-state index in [9.17, 15) is 0 Å². The Morgan fingerprint density at radius 3 is 2.67 bits per heavy atom. The molecule has 0 amide bonds. The van der Waals surface area contributed by atoms with Crippen molar-refractivity contribution in [2.45, 2.75) is 39.0 Å². The zero-order valence-corrected chi connectivity index (χ0v) is 11.8. The second-order valence-corrected chi connectivity index (χ2v) is 5.72. The Kier molecular flexibility index (Phi) is 4.65. The highest BCUT2D eigenvalue weighted by atomic mass is 15.1. The maximum atomic E-state index is 5.62. The van der Waals surface area contributed by atoms with Gasteiger partial charge in [-0.05, 0) is 67.8 Å². The van der Waals surface area contributed by atoms with Gasteiger partial charge in [0.25, 0.3) is 0 Å². The van der Waals surface area contributed by atoms with Gasteiger partial charge in [0.2, 0.25) is 0 Å². The number of nitrogens with two attached hydrogens (primary N) is 1. The highest BCUT2D eigenvalue weighted by molar-refractivity contribution is 5.51. The van der Waals surface area contributed by atoms with Crippen molar-refractivity contribution >= 4 is 5.69 Å². The van der Waals surface area contributed by atoms with Crippen LogP contribution < -0.4 is 10.6 Å². The smallest absolute Gasteiger partial charge is 0.0366 e. The molecular weight excluding hydrogens is 220 g/mol. The lowest BCUT2D eigenvalue weighted by atomic mass is 9.91. The predicted octanol–water partition coefficient (Wildman–Crippen LogP) is 2.99. The summed E-state index contributed by atoms with van der Waals surface area (Å²) < 4.78 is 0. The van der Waals surface area contributed by atoms with Crippen molar-refractivity contribution < 1.29 is 0 Å². The van der Waals surface area contributed by atoms with Crippen molar-refractivity contribution in [2.75, 3.05) is 25.0 Å². The standard InChI is InChI=1S/C16H26N2/c1-13(9-10-17)12-18(2)16-8-7-14-5-3-4-6-15(14)11-16/h7-8,11,13H,3-6,9-10,12,17H2,1-2H3. The van der Waals surface area contributed by atoms with E-state index in [1.807, 2.05) is 0 Å². The number of hydrogen-bond acceptors (Lipinski definition) is 2. The first kappa shape index (κ1) is 13.4. The van der Waals surface area contributed by atoms with E-state index < -0.39 is 0 Å². The molecule has 1 aliphatic rings. The molecule has 0 saturated carbocycles. The quantitative estimate of drug-likeness (QED) is 0.865. The molecule has 1 unspecified atom stereocenters. The van der Waals surface area contributed by atoms with Gasteiger partial charge in [0.05, 0.1) is 0 Å². The number of rotatable bonds is 5. The van der Waals surface area contributed by atoms with E-state index in [1.165, 1.54) is 31.4 Å². The molecule has 1 aromatic rings. The molecule has 0 heterocycles. The summed E-state index contributed by atoms with van der Waals surface area (Å²) in [5.41, 5.74) is 10.1. The van der Waals surface area contributed by atoms with Gasteiger partial charge < -0.3 is 10.6 Å². The Balaban J connectivity index is 2.04. The molecule has 0 aliphatic heterocycles. The van der Waals surface area contributed by atoms with Crippen LogP contribution in [0.15, 0.2) is 18.2 Å². The molecule has 2 nitrogen and oxygen atoms in total. The lowest BCUT2D eigenvalue weighted by Crippen LogP contribution is -2.25. The van der Waals surface area contributed by atoms with Crippen LogP contribution in [0, 0.1) is 5.92 Å². The normalized spacial score (nSPS) is 16.2. The van der Waals surface area contributed by atoms with Gasteiger partial charge in [-0.1, -0.05) is 13.0 Å². The fourth-order valence-corrected chi connectivity index (χ4v) is 2.91. The molecule has 1 aliphatic carbocycles. The number of aryl methyl sites for hydroxylation is 2. The summed E-state index contributed by atoms with van der Waals surface area (Å²) in [6, 6.07) is 7.00. The molecule has 1 atom stereocenters. The molecule has 1 aromatic carbocycles. The maximum Gasteiger partial charge on any atom is 0.0366 e. The summed E-state index contributed by atoms with van der Waals surface area (Å²) in [5, 5.41) is 0. The van der Waals surface area contributed by atoms with Crippen molar-refractivity contribution in [2.24, 2.45) is 11.7 Å². The van der Waals surface area contributed by atoms with Crippen molar-refractivity contribution in [1.29, 1.82) is 0 Å². The van der Waals surface area contributed by atoms with E-state index in [0.717, 1.165) is 19.5 Å². The highest BCUT2D eigenvalue weighted by Crippen LogP contribution is 2.26. The second-order valence-electron chi connectivity index (χ2n) is 5.72. The number of anilines is 1. The molecule has 0 bridgehead atoms. The van der Waals surface area contributed by atoms with E-state index >= 15 is 0 Å². The first-order chi connectivity index (χ1) is 8.70. The van der Waals surface area contributed by atoms with Crippen molar-refractivity contribution in [3.63, 3.8) is 0 Å². The largest absolute Gasteiger partial charge is 0.374 e. The van der Waals surface area contributed by atoms with E-state index in [1.54, 1.807) is 11.1 Å². The Labute approximate surface area is 111 Å². The molecule has 0 saturated heterocycles. The highest BCUT2D eigenvalue weighted by Gasteiger charge is 2.12. The summed E-state index contributed by atoms with van der Waals surface area (Å²) in [7, 11) is 2.19. The first-order valence-electron chi connectivity index (χ1n) is 7.23. The van der Waals surface area contributed by atoms with Crippen molar-refractivity contribution in [3.05, 3.63) is 29.3 Å².